The van der Waals surface area contributed by atoms with Gasteiger partial charge in [0, 0.05) is 28.9 Å². The second kappa shape index (κ2) is 7.66. The SMILES string of the molecule is Cc1ccccc1S(=O)(=O)NCCc1csc(-c2ccc(Cl)cc2)n1. The van der Waals surface area contributed by atoms with Gasteiger partial charge in [-0.3, -0.25) is 0 Å². The lowest BCUT2D eigenvalue weighted by Gasteiger charge is -2.08. The highest BCUT2D eigenvalue weighted by Gasteiger charge is 2.15. The molecule has 0 atom stereocenters. The first-order valence-electron chi connectivity index (χ1n) is 7.71. The highest BCUT2D eigenvalue weighted by atomic mass is 35.5. The van der Waals surface area contributed by atoms with Crippen LogP contribution in [-0.2, 0) is 16.4 Å². The molecule has 3 aromatic rings. The zero-order valence-electron chi connectivity index (χ0n) is 13.6. The molecule has 1 aromatic heterocycles. The van der Waals surface area contributed by atoms with E-state index in [-0.39, 0.29) is 0 Å². The molecule has 0 fully saturated rings. The molecule has 0 spiro atoms. The summed E-state index contributed by atoms with van der Waals surface area (Å²) in [6, 6.07) is 14.4. The Kier molecular flexibility index (Phi) is 5.54. The third-order valence-electron chi connectivity index (χ3n) is 3.70. The maximum Gasteiger partial charge on any atom is 0.240 e. The Hall–Kier alpha value is -1.73. The van der Waals surface area contributed by atoms with Gasteiger partial charge in [0.15, 0.2) is 0 Å². The fraction of sp³-hybridized carbons (Fsp3) is 0.167. The van der Waals surface area contributed by atoms with Crippen molar-refractivity contribution in [2.24, 2.45) is 0 Å². The van der Waals surface area contributed by atoms with E-state index in [4.69, 9.17) is 11.6 Å². The molecule has 0 aliphatic rings. The summed E-state index contributed by atoms with van der Waals surface area (Å²) in [4.78, 5) is 4.88. The van der Waals surface area contributed by atoms with Crippen LogP contribution in [0.1, 0.15) is 11.3 Å². The van der Waals surface area contributed by atoms with Gasteiger partial charge in [-0.1, -0.05) is 41.9 Å². The Labute approximate surface area is 156 Å². The topological polar surface area (TPSA) is 59.1 Å². The summed E-state index contributed by atoms with van der Waals surface area (Å²) in [5.41, 5.74) is 2.59. The van der Waals surface area contributed by atoms with Gasteiger partial charge in [-0.2, -0.15) is 0 Å². The van der Waals surface area contributed by atoms with E-state index >= 15 is 0 Å². The summed E-state index contributed by atoms with van der Waals surface area (Å²) in [6.07, 6.45) is 0.537. The van der Waals surface area contributed by atoms with E-state index in [1.807, 2.05) is 35.7 Å². The summed E-state index contributed by atoms with van der Waals surface area (Å²) in [7, 11) is -3.50. The number of rotatable bonds is 6. The van der Waals surface area contributed by atoms with Gasteiger partial charge in [0.05, 0.1) is 10.6 Å². The molecule has 0 aliphatic heterocycles. The highest BCUT2D eigenvalue weighted by molar-refractivity contribution is 7.89. The monoisotopic (exact) mass is 392 g/mol. The molecule has 1 heterocycles. The normalized spacial score (nSPS) is 11.6. The molecule has 0 saturated heterocycles. The third kappa shape index (κ3) is 4.46. The minimum Gasteiger partial charge on any atom is -0.241 e. The van der Waals surface area contributed by atoms with Crippen molar-refractivity contribution in [3.8, 4) is 10.6 Å². The standard InChI is InChI=1S/C18H17ClN2O2S2/c1-13-4-2-3-5-17(13)25(22,23)20-11-10-16-12-24-18(21-16)14-6-8-15(19)9-7-14/h2-9,12,20H,10-11H2,1H3. The molecule has 0 unspecified atom stereocenters. The fourth-order valence-corrected chi connectivity index (χ4v) is 4.66. The van der Waals surface area contributed by atoms with Crippen molar-refractivity contribution in [3.05, 3.63) is 70.2 Å². The zero-order chi connectivity index (χ0) is 17.9. The first-order valence-corrected chi connectivity index (χ1v) is 10.5. The molecule has 0 saturated carbocycles. The smallest absolute Gasteiger partial charge is 0.240 e. The maximum atomic E-state index is 12.4. The molecule has 0 amide bonds. The van der Waals surface area contributed by atoms with Crippen LogP contribution in [0.4, 0.5) is 0 Å². The number of aromatic nitrogens is 1. The minimum absolute atomic E-state index is 0.306. The van der Waals surface area contributed by atoms with Gasteiger partial charge in [-0.25, -0.2) is 18.1 Å². The van der Waals surface area contributed by atoms with Crippen LogP contribution < -0.4 is 4.72 Å². The second-order valence-electron chi connectivity index (χ2n) is 5.56. The molecule has 7 heteroatoms. The van der Waals surface area contributed by atoms with Gasteiger partial charge in [-0.15, -0.1) is 11.3 Å². The number of benzene rings is 2. The Balaban J connectivity index is 1.63. The van der Waals surface area contributed by atoms with Crippen LogP contribution in [0, 0.1) is 6.92 Å². The van der Waals surface area contributed by atoms with Crippen molar-refractivity contribution >= 4 is 33.0 Å². The molecule has 0 aliphatic carbocycles. The average Bonchev–Trinajstić information content (AvgIpc) is 3.04. The van der Waals surface area contributed by atoms with Crippen molar-refractivity contribution in [1.29, 1.82) is 0 Å². The predicted octanol–water partition coefficient (Wildman–Crippen LogP) is 4.29. The fourth-order valence-electron chi connectivity index (χ4n) is 2.40. The highest BCUT2D eigenvalue weighted by Crippen LogP contribution is 2.25. The van der Waals surface area contributed by atoms with E-state index in [1.54, 1.807) is 25.1 Å². The molecular weight excluding hydrogens is 376 g/mol. The van der Waals surface area contributed by atoms with Crippen LogP contribution in [0.15, 0.2) is 58.8 Å². The number of halogens is 1. The number of thiazole rings is 1. The Morgan fingerprint density at radius 1 is 1.12 bits per heavy atom. The van der Waals surface area contributed by atoms with Crippen molar-refractivity contribution in [1.82, 2.24) is 9.71 Å². The number of aryl methyl sites for hydroxylation is 1. The summed E-state index contributed by atoms with van der Waals surface area (Å²) in [5.74, 6) is 0. The molecule has 3 rings (SSSR count). The number of sulfonamides is 1. The minimum atomic E-state index is -3.50. The van der Waals surface area contributed by atoms with E-state index in [0.29, 0.717) is 22.9 Å². The number of hydrogen-bond donors (Lipinski definition) is 1. The van der Waals surface area contributed by atoms with Gasteiger partial charge in [0.25, 0.3) is 0 Å². The van der Waals surface area contributed by atoms with Gasteiger partial charge in [-0.05, 0) is 30.7 Å². The van der Waals surface area contributed by atoms with Crippen LogP contribution in [0.5, 0.6) is 0 Å². The molecule has 0 radical (unpaired) electrons. The van der Waals surface area contributed by atoms with Crippen LogP contribution >= 0.6 is 22.9 Å². The summed E-state index contributed by atoms with van der Waals surface area (Å²) < 4.78 is 27.4. The lowest BCUT2D eigenvalue weighted by molar-refractivity contribution is 0.581. The van der Waals surface area contributed by atoms with Crippen molar-refractivity contribution in [3.63, 3.8) is 0 Å². The predicted molar refractivity (Wildman–Crippen MR) is 103 cm³/mol. The molecule has 4 nitrogen and oxygen atoms in total. The van der Waals surface area contributed by atoms with E-state index < -0.39 is 10.0 Å². The molecule has 130 valence electrons. The van der Waals surface area contributed by atoms with Gasteiger partial charge < -0.3 is 0 Å². The van der Waals surface area contributed by atoms with Gasteiger partial charge in [0.1, 0.15) is 5.01 Å². The summed E-state index contributed by atoms with van der Waals surface area (Å²) in [5, 5.41) is 3.53. The zero-order valence-corrected chi connectivity index (χ0v) is 16.0. The van der Waals surface area contributed by atoms with Crippen LogP contribution in [0.25, 0.3) is 10.6 Å². The number of nitrogens with zero attached hydrogens (tertiary/aromatic N) is 1. The molecule has 2 aromatic carbocycles. The largest absolute Gasteiger partial charge is 0.241 e. The number of nitrogens with one attached hydrogen (secondary N) is 1. The first kappa shape index (κ1) is 18.1. The van der Waals surface area contributed by atoms with Crippen molar-refractivity contribution < 1.29 is 8.42 Å². The van der Waals surface area contributed by atoms with Gasteiger partial charge >= 0.3 is 0 Å². The van der Waals surface area contributed by atoms with E-state index in [1.165, 1.54) is 11.3 Å². The van der Waals surface area contributed by atoms with Crippen LogP contribution in [0.2, 0.25) is 5.02 Å². The first-order chi connectivity index (χ1) is 12.0. The summed E-state index contributed by atoms with van der Waals surface area (Å²) >= 11 is 7.43. The lowest BCUT2D eigenvalue weighted by atomic mass is 10.2. The van der Waals surface area contributed by atoms with E-state index in [9.17, 15) is 8.42 Å². The van der Waals surface area contributed by atoms with Crippen molar-refractivity contribution in [2.45, 2.75) is 18.2 Å². The molecule has 1 N–H and O–H groups in total. The second-order valence-corrected chi connectivity index (χ2v) is 8.59. The Morgan fingerprint density at radius 3 is 2.56 bits per heavy atom. The van der Waals surface area contributed by atoms with E-state index in [2.05, 4.69) is 9.71 Å². The Morgan fingerprint density at radius 2 is 1.84 bits per heavy atom. The maximum absolute atomic E-state index is 12.4. The average molecular weight is 393 g/mol. The third-order valence-corrected chi connectivity index (χ3v) is 6.51. The quantitative estimate of drug-likeness (QED) is 0.680. The molecule has 25 heavy (non-hydrogen) atoms. The molecular formula is C18H17ClN2O2S2. The summed E-state index contributed by atoms with van der Waals surface area (Å²) in [6.45, 7) is 2.09. The molecule has 0 bridgehead atoms. The van der Waals surface area contributed by atoms with Crippen LogP contribution in [-0.4, -0.2) is 19.9 Å². The van der Waals surface area contributed by atoms with Gasteiger partial charge in [0.2, 0.25) is 10.0 Å². The van der Waals surface area contributed by atoms with E-state index in [0.717, 1.165) is 21.8 Å². The number of hydrogen-bond acceptors (Lipinski definition) is 4. The van der Waals surface area contributed by atoms with Crippen LogP contribution in [0.3, 0.4) is 0 Å². The Bertz CT molecular complexity index is 967. The lowest BCUT2D eigenvalue weighted by Crippen LogP contribution is -2.26. The van der Waals surface area contributed by atoms with Crippen molar-refractivity contribution in [2.75, 3.05) is 6.54 Å².